The fraction of sp³-hybridized carbons (Fsp3) is 0.292. The maximum atomic E-state index is 13.0. The molecule has 1 aromatic carbocycles. The van der Waals surface area contributed by atoms with Crippen LogP contribution in [0.15, 0.2) is 42.7 Å². The smallest absolute Gasteiger partial charge is 0.417 e. The summed E-state index contributed by atoms with van der Waals surface area (Å²) in [6.45, 7) is 1.66. The molecule has 0 saturated heterocycles. The third kappa shape index (κ3) is 6.69. The molecule has 2 N–H and O–H groups in total. The van der Waals surface area contributed by atoms with Gasteiger partial charge in [-0.3, -0.25) is 10.1 Å². The lowest BCUT2D eigenvalue weighted by Gasteiger charge is -2.13. The number of anilines is 2. The molecule has 0 spiro atoms. The Labute approximate surface area is 209 Å². The van der Waals surface area contributed by atoms with Gasteiger partial charge in [0, 0.05) is 29.8 Å². The molecule has 1 aliphatic rings. The van der Waals surface area contributed by atoms with Gasteiger partial charge >= 0.3 is 12.2 Å². The Hall–Kier alpha value is -3.73. The lowest BCUT2D eigenvalue weighted by atomic mass is 10.1. The second kappa shape index (κ2) is 10.5. The van der Waals surface area contributed by atoms with Crippen molar-refractivity contribution in [1.82, 2.24) is 15.0 Å². The molecule has 0 atom stereocenters. The van der Waals surface area contributed by atoms with Gasteiger partial charge in [-0.25, -0.2) is 19.7 Å². The van der Waals surface area contributed by atoms with Gasteiger partial charge < -0.3 is 10.1 Å². The highest BCUT2D eigenvalue weighted by molar-refractivity contribution is 6.31. The van der Waals surface area contributed by atoms with Crippen LogP contribution in [0, 0.1) is 12.8 Å². The van der Waals surface area contributed by atoms with Crippen molar-refractivity contribution in [2.45, 2.75) is 38.8 Å². The minimum atomic E-state index is -4.65. The van der Waals surface area contributed by atoms with Crippen LogP contribution < -0.4 is 15.4 Å². The molecule has 4 rings (SSSR count). The lowest BCUT2D eigenvalue weighted by molar-refractivity contribution is -0.137. The maximum absolute atomic E-state index is 13.0. The third-order valence-electron chi connectivity index (χ3n) is 5.38. The first kappa shape index (κ1) is 25.4. The Kier molecular flexibility index (Phi) is 7.39. The molecule has 0 radical (unpaired) electrons. The number of urea groups is 1. The van der Waals surface area contributed by atoms with E-state index in [1.54, 1.807) is 19.1 Å². The zero-order valence-electron chi connectivity index (χ0n) is 19.0. The Balaban J connectivity index is 1.36. The van der Waals surface area contributed by atoms with Crippen LogP contribution in [-0.4, -0.2) is 26.8 Å². The molecule has 2 aromatic heterocycles. The number of ether oxygens (including phenoxy) is 1. The van der Waals surface area contributed by atoms with E-state index in [1.165, 1.54) is 18.5 Å². The predicted molar refractivity (Wildman–Crippen MR) is 126 cm³/mol. The van der Waals surface area contributed by atoms with Crippen molar-refractivity contribution < 1.29 is 27.5 Å². The fourth-order valence-electron chi connectivity index (χ4n) is 3.37. The van der Waals surface area contributed by atoms with Gasteiger partial charge in [0.15, 0.2) is 5.75 Å². The van der Waals surface area contributed by atoms with Gasteiger partial charge in [0.25, 0.3) is 0 Å². The molecule has 1 fully saturated rings. The first-order valence-corrected chi connectivity index (χ1v) is 11.4. The second-order valence-electron chi connectivity index (χ2n) is 8.24. The lowest BCUT2D eigenvalue weighted by Crippen LogP contribution is -2.20. The van der Waals surface area contributed by atoms with Crippen LogP contribution in [0.25, 0.3) is 0 Å². The van der Waals surface area contributed by atoms with E-state index in [0.717, 1.165) is 25.0 Å². The van der Waals surface area contributed by atoms with Gasteiger partial charge in [-0.1, -0.05) is 11.6 Å². The van der Waals surface area contributed by atoms with E-state index < -0.39 is 22.8 Å². The zero-order valence-corrected chi connectivity index (χ0v) is 19.8. The highest BCUT2D eigenvalue weighted by atomic mass is 35.5. The number of carbonyl (C=O) groups is 2. The molecule has 3 aromatic rings. The minimum absolute atomic E-state index is 0.0840. The van der Waals surface area contributed by atoms with Gasteiger partial charge in [-0.2, -0.15) is 13.2 Å². The summed E-state index contributed by atoms with van der Waals surface area (Å²) in [7, 11) is 0. The van der Waals surface area contributed by atoms with E-state index >= 15 is 0 Å². The van der Waals surface area contributed by atoms with Crippen LogP contribution in [0.2, 0.25) is 5.02 Å². The number of pyridine rings is 1. The number of nitrogens with zero attached hydrogens (tertiary/aromatic N) is 3. The largest absolute Gasteiger partial charge is 0.437 e. The van der Waals surface area contributed by atoms with Crippen molar-refractivity contribution in [3.8, 4) is 11.6 Å². The highest BCUT2D eigenvalue weighted by Crippen LogP contribution is 2.36. The number of Topliss-reactive ketones (excluding diaryl/α,β-unsaturated/α-hetero) is 1. The second-order valence-corrected chi connectivity index (χ2v) is 8.65. The number of hydrogen-bond donors (Lipinski definition) is 2. The Morgan fingerprint density at radius 2 is 1.89 bits per heavy atom. The third-order valence-corrected chi connectivity index (χ3v) is 5.71. The topological polar surface area (TPSA) is 106 Å². The normalized spacial score (nSPS) is 13.2. The molecule has 0 bridgehead atoms. The number of rotatable bonds is 8. The minimum Gasteiger partial charge on any atom is -0.437 e. The van der Waals surface area contributed by atoms with Crippen LogP contribution in [0.4, 0.5) is 29.5 Å². The summed E-state index contributed by atoms with van der Waals surface area (Å²) in [5.41, 5.74) is -0.0210. The average molecular weight is 520 g/mol. The van der Waals surface area contributed by atoms with E-state index in [4.69, 9.17) is 16.3 Å². The molecule has 0 aliphatic heterocycles. The van der Waals surface area contributed by atoms with E-state index in [0.29, 0.717) is 30.0 Å². The van der Waals surface area contributed by atoms with E-state index in [1.807, 2.05) is 0 Å². The monoisotopic (exact) mass is 519 g/mol. The molecule has 1 saturated carbocycles. The fourth-order valence-corrected chi connectivity index (χ4v) is 3.59. The molecular formula is C24H21ClF3N5O3. The number of carbonyl (C=O) groups excluding carboxylic acids is 2. The van der Waals surface area contributed by atoms with Crippen molar-refractivity contribution >= 4 is 34.9 Å². The van der Waals surface area contributed by atoms with Crippen molar-refractivity contribution in [2.24, 2.45) is 5.92 Å². The summed E-state index contributed by atoms with van der Waals surface area (Å²) in [4.78, 5) is 36.7. The molecule has 8 nitrogen and oxygen atoms in total. The summed E-state index contributed by atoms with van der Waals surface area (Å²) in [6, 6.07) is 6.97. The predicted octanol–water partition coefficient (Wildman–Crippen LogP) is 6.20. The molecule has 1 aliphatic carbocycles. The van der Waals surface area contributed by atoms with Crippen LogP contribution in [0.5, 0.6) is 11.6 Å². The number of benzene rings is 1. The van der Waals surface area contributed by atoms with Gasteiger partial charge in [-0.15, -0.1) is 0 Å². The Bertz CT molecular complexity index is 1300. The number of nitrogens with one attached hydrogen (secondary N) is 2. The molecular weight excluding hydrogens is 499 g/mol. The first-order chi connectivity index (χ1) is 17.1. The van der Waals surface area contributed by atoms with Gasteiger partial charge in [0.1, 0.15) is 17.9 Å². The molecule has 188 valence electrons. The summed E-state index contributed by atoms with van der Waals surface area (Å²) in [5, 5.41) is 4.31. The van der Waals surface area contributed by atoms with Gasteiger partial charge in [-0.05, 0) is 56.5 Å². The number of aryl methyl sites for hydroxylation is 2. The highest BCUT2D eigenvalue weighted by Gasteiger charge is 2.33. The summed E-state index contributed by atoms with van der Waals surface area (Å²) < 4.78 is 44.8. The van der Waals surface area contributed by atoms with Crippen LogP contribution in [0.3, 0.4) is 0 Å². The number of aromatic nitrogens is 3. The van der Waals surface area contributed by atoms with Crippen LogP contribution in [-0.2, 0) is 17.4 Å². The summed E-state index contributed by atoms with van der Waals surface area (Å²) >= 11 is 5.60. The SMILES string of the molecule is Cc1nc(NC(=O)Nc2ccc(Cl)c(C(F)(F)F)c2)ccc1Oc1cc(CCC(=O)C2CC2)ncn1. The molecule has 0 unspecified atom stereocenters. The van der Waals surface area contributed by atoms with E-state index in [9.17, 15) is 22.8 Å². The Morgan fingerprint density at radius 3 is 2.58 bits per heavy atom. The number of hydrogen-bond acceptors (Lipinski definition) is 6. The number of amides is 2. The van der Waals surface area contributed by atoms with Crippen LogP contribution >= 0.6 is 11.6 Å². The quantitative estimate of drug-likeness (QED) is 0.367. The molecule has 2 amide bonds. The Morgan fingerprint density at radius 1 is 1.11 bits per heavy atom. The van der Waals surface area contributed by atoms with Crippen molar-refractivity contribution in [3.63, 3.8) is 0 Å². The number of halogens is 4. The molecule has 12 heteroatoms. The average Bonchev–Trinajstić information content (AvgIpc) is 3.66. The standard InChI is InChI=1S/C24H21ClF3N5O3/c1-13-20(36-22-11-15(29-12-30-22)5-7-19(34)14-2-3-14)8-9-21(31-13)33-23(35)32-16-4-6-18(25)17(10-16)24(26,27)28/h4,6,8-12,14H,2-3,5,7H2,1H3,(H2,31,32,33,35). The van der Waals surface area contributed by atoms with Crippen molar-refractivity contribution in [2.75, 3.05) is 10.6 Å². The zero-order chi connectivity index (χ0) is 25.9. The maximum Gasteiger partial charge on any atom is 0.417 e. The van der Waals surface area contributed by atoms with E-state index in [-0.39, 0.29) is 29.1 Å². The van der Waals surface area contributed by atoms with Crippen molar-refractivity contribution in [1.29, 1.82) is 0 Å². The molecule has 36 heavy (non-hydrogen) atoms. The van der Waals surface area contributed by atoms with Gasteiger partial charge in [0.05, 0.1) is 16.3 Å². The number of ketones is 1. The van der Waals surface area contributed by atoms with Gasteiger partial charge in [0.2, 0.25) is 5.88 Å². The van der Waals surface area contributed by atoms with Crippen molar-refractivity contribution in [3.05, 3.63) is 64.7 Å². The summed E-state index contributed by atoms with van der Waals surface area (Å²) in [5.74, 6) is 1.27. The number of alkyl halides is 3. The van der Waals surface area contributed by atoms with E-state index in [2.05, 4.69) is 25.6 Å². The molecule has 2 heterocycles. The first-order valence-electron chi connectivity index (χ1n) is 11.0. The summed E-state index contributed by atoms with van der Waals surface area (Å²) in [6.07, 6.45) is -0.431. The van der Waals surface area contributed by atoms with Crippen LogP contribution in [0.1, 0.15) is 36.2 Å².